The van der Waals surface area contributed by atoms with Crippen LogP contribution in [0.25, 0.3) is 11.3 Å². The van der Waals surface area contributed by atoms with Gasteiger partial charge in [-0.05, 0) is 45.7 Å². The van der Waals surface area contributed by atoms with E-state index in [-0.39, 0.29) is 0 Å². The Kier molecular flexibility index (Phi) is 2.67. The topological polar surface area (TPSA) is 12.9 Å². The highest BCUT2D eigenvalue weighted by molar-refractivity contribution is 9.11. The second kappa shape index (κ2) is 3.78. The van der Waals surface area contributed by atoms with Crippen molar-refractivity contribution in [2.75, 3.05) is 0 Å². The Hall–Kier alpha value is -0.380. The Morgan fingerprint density at radius 3 is 2.46 bits per heavy atom. The van der Waals surface area contributed by atoms with Crippen LogP contribution in [0.4, 0.5) is 0 Å². The third kappa shape index (κ3) is 2.10. The predicted octanol–water partition coefficient (Wildman–Crippen LogP) is 4.23. The van der Waals surface area contributed by atoms with Gasteiger partial charge >= 0.3 is 0 Å². The molecule has 0 saturated heterocycles. The first kappa shape index (κ1) is 9.19. The minimum atomic E-state index is 0.748. The van der Waals surface area contributed by atoms with Crippen molar-refractivity contribution in [3.63, 3.8) is 0 Å². The fraction of sp³-hybridized carbons (Fsp3) is 0. The van der Waals surface area contributed by atoms with Gasteiger partial charge in [-0.1, -0.05) is 23.7 Å². The van der Waals surface area contributed by atoms with E-state index in [1.807, 2.05) is 30.3 Å². The van der Waals surface area contributed by atoms with E-state index in [4.69, 9.17) is 11.6 Å². The molecule has 0 saturated carbocycles. The number of nitrogens with zero attached hydrogens (tertiary/aromatic N) is 1. The van der Waals surface area contributed by atoms with Gasteiger partial charge in [0.25, 0.3) is 0 Å². The Morgan fingerprint density at radius 2 is 1.92 bits per heavy atom. The third-order valence-corrected chi connectivity index (χ3v) is 3.12. The molecule has 0 aliphatic rings. The first-order valence-electron chi connectivity index (χ1n) is 3.64. The molecule has 1 nitrogen and oxygen atoms in total. The van der Waals surface area contributed by atoms with Crippen molar-refractivity contribution in [2.24, 2.45) is 0 Å². The molecule has 0 unspecified atom stereocenters. The summed E-state index contributed by atoms with van der Waals surface area (Å²) in [7, 11) is 0. The van der Waals surface area contributed by atoms with Gasteiger partial charge in [-0.2, -0.15) is 4.37 Å². The van der Waals surface area contributed by atoms with E-state index in [0.717, 1.165) is 20.1 Å². The summed E-state index contributed by atoms with van der Waals surface area (Å²) in [5.41, 5.74) is 2.07. The highest BCUT2D eigenvalue weighted by Crippen LogP contribution is 2.26. The molecule has 13 heavy (non-hydrogen) atoms. The normalized spacial score (nSPS) is 10.3. The molecule has 0 radical (unpaired) electrons. The van der Waals surface area contributed by atoms with Gasteiger partial charge in [-0.25, -0.2) is 0 Å². The molecule has 0 amide bonds. The van der Waals surface area contributed by atoms with E-state index in [1.165, 1.54) is 11.5 Å². The largest absolute Gasteiger partial charge is 0.191 e. The number of hydrogen-bond acceptors (Lipinski definition) is 2. The maximum atomic E-state index is 5.78. The second-order valence-electron chi connectivity index (χ2n) is 2.52. The van der Waals surface area contributed by atoms with E-state index < -0.39 is 0 Å². The average Bonchev–Trinajstić information content (AvgIpc) is 2.53. The summed E-state index contributed by atoms with van der Waals surface area (Å²) in [6.45, 7) is 0. The van der Waals surface area contributed by atoms with E-state index in [1.54, 1.807) is 0 Å². The van der Waals surface area contributed by atoms with E-state index in [9.17, 15) is 0 Å². The molecule has 0 N–H and O–H groups in total. The van der Waals surface area contributed by atoms with Crippen molar-refractivity contribution in [2.45, 2.75) is 0 Å². The number of aromatic nitrogens is 1. The molecular formula is C9H5BrClNS. The molecule has 0 spiro atoms. The van der Waals surface area contributed by atoms with Crippen LogP contribution in [0.5, 0.6) is 0 Å². The smallest absolute Gasteiger partial charge is 0.0911 e. The van der Waals surface area contributed by atoms with Crippen LogP contribution in [0, 0.1) is 0 Å². The molecule has 4 heteroatoms. The zero-order valence-electron chi connectivity index (χ0n) is 6.50. The number of hydrogen-bond donors (Lipinski definition) is 0. The molecule has 1 aromatic carbocycles. The number of benzene rings is 1. The van der Waals surface area contributed by atoms with Crippen LogP contribution >= 0.6 is 39.1 Å². The third-order valence-electron chi connectivity index (χ3n) is 1.62. The number of halogens is 2. The number of rotatable bonds is 1. The zero-order chi connectivity index (χ0) is 9.26. The van der Waals surface area contributed by atoms with Crippen LogP contribution in [0.15, 0.2) is 34.1 Å². The fourth-order valence-electron chi connectivity index (χ4n) is 1.01. The lowest BCUT2D eigenvalue weighted by molar-refractivity contribution is 1.52. The van der Waals surface area contributed by atoms with Gasteiger partial charge in [0.05, 0.1) is 9.48 Å². The van der Waals surface area contributed by atoms with Crippen LogP contribution in [-0.2, 0) is 0 Å². The average molecular weight is 275 g/mol. The molecule has 0 fully saturated rings. The van der Waals surface area contributed by atoms with Crippen molar-refractivity contribution in [3.05, 3.63) is 39.1 Å². The molecule has 0 aliphatic heterocycles. The SMILES string of the molecule is Clc1ccc(-c2cc(Br)sn2)cc1. The Bertz CT molecular complexity index is 410. The van der Waals surface area contributed by atoms with Crippen LogP contribution in [0.3, 0.4) is 0 Å². The van der Waals surface area contributed by atoms with Gasteiger partial charge in [0, 0.05) is 10.6 Å². The minimum absolute atomic E-state index is 0.748. The zero-order valence-corrected chi connectivity index (χ0v) is 9.66. The second-order valence-corrected chi connectivity index (χ2v) is 5.14. The summed E-state index contributed by atoms with van der Waals surface area (Å²) >= 11 is 10.6. The first-order chi connectivity index (χ1) is 6.25. The van der Waals surface area contributed by atoms with Crippen molar-refractivity contribution in [1.29, 1.82) is 0 Å². The molecule has 1 heterocycles. The quantitative estimate of drug-likeness (QED) is 0.758. The fourth-order valence-corrected chi connectivity index (χ4v) is 2.08. The van der Waals surface area contributed by atoms with Gasteiger partial charge in [0.1, 0.15) is 0 Å². The van der Waals surface area contributed by atoms with Crippen LogP contribution in [0.2, 0.25) is 5.02 Å². The van der Waals surface area contributed by atoms with Crippen LogP contribution in [-0.4, -0.2) is 4.37 Å². The van der Waals surface area contributed by atoms with Crippen LogP contribution in [0.1, 0.15) is 0 Å². The maximum absolute atomic E-state index is 5.78. The standard InChI is InChI=1S/C9H5BrClNS/c10-9-5-8(12-13-9)6-1-3-7(11)4-2-6/h1-5H. The van der Waals surface area contributed by atoms with E-state index in [2.05, 4.69) is 20.3 Å². The van der Waals surface area contributed by atoms with Gasteiger partial charge in [0.15, 0.2) is 0 Å². The highest BCUT2D eigenvalue weighted by Gasteiger charge is 2.01. The Morgan fingerprint density at radius 1 is 1.23 bits per heavy atom. The highest BCUT2D eigenvalue weighted by atomic mass is 79.9. The summed E-state index contributed by atoms with van der Waals surface area (Å²) in [5.74, 6) is 0. The Labute approximate surface area is 93.7 Å². The molecule has 0 aliphatic carbocycles. The van der Waals surface area contributed by atoms with Crippen molar-refractivity contribution in [1.82, 2.24) is 4.37 Å². The van der Waals surface area contributed by atoms with Crippen LogP contribution < -0.4 is 0 Å². The molecule has 1 aromatic heterocycles. The summed E-state index contributed by atoms with van der Waals surface area (Å²) in [6, 6.07) is 9.65. The van der Waals surface area contributed by atoms with Crippen molar-refractivity contribution in [3.8, 4) is 11.3 Å². The van der Waals surface area contributed by atoms with Gasteiger partial charge < -0.3 is 0 Å². The Balaban J connectivity index is 2.41. The minimum Gasteiger partial charge on any atom is -0.191 e. The summed E-state index contributed by atoms with van der Waals surface area (Å²) in [4.78, 5) is 0. The summed E-state index contributed by atoms with van der Waals surface area (Å²) in [6.07, 6.45) is 0. The van der Waals surface area contributed by atoms with Crippen molar-refractivity contribution >= 4 is 39.1 Å². The van der Waals surface area contributed by atoms with E-state index in [0.29, 0.717) is 0 Å². The van der Waals surface area contributed by atoms with Gasteiger partial charge in [-0.15, -0.1) is 0 Å². The summed E-state index contributed by atoms with van der Waals surface area (Å²) in [5, 5.41) is 0.748. The lowest BCUT2D eigenvalue weighted by Crippen LogP contribution is -1.74. The molecular weight excluding hydrogens is 270 g/mol. The molecule has 0 atom stereocenters. The lowest BCUT2D eigenvalue weighted by atomic mass is 10.2. The molecule has 2 rings (SSSR count). The lowest BCUT2D eigenvalue weighted by Gasteiger charge is -1.94. The first-order valence-corrected chi connectivity index (χ1v) is 5.58. The molecule has 66 valence electrons. The monoisotopic (exact) mass is 273 g/mol. The maximum Gasteiger partial charge on any atom is 0.0911 e. The van der Waals surface area contributed by atoms with E-state index >= 15 is 0 Å². The summed E-state index contributed by atoms with van der Waals surface area (Å²) < 4.78 is 5.31. The molecule has 2 aromatic rings. The van der Waals surface area contributed by atoms with Crippen molar-refractivity contribution < 1.29 is 0 Å². The predicted molar refractivity (Wildman–Crippen MR) is 60.3 cm³/mol. The molecule has 0 bridgehead atoms. The van der Waals surface area contributed by atoms with Gasteiger partial charge in [0.2, 0.25) is 0 Å². The van der Waals surface area contributed by atoms with Gasteiger partial charge in [-0.3, -0.25) is 0 Å².